The van der Waals surface area contributed by atoms with Crippen LogP contribution in [-0.2, 0) is 25.6 Å². The highest BCUT2D eigenvalue weighted by atomic mass is 35.5. The second-order valence-corrected chi connectivity index (χ2v) is 7.41. The fourth-order valence-electron chi connectivity index (χ4n) is 3.15. The van der Waals surface area contributed by atoms with Crippen LogP contribution in [0.2, 0.25) is 5.15 Å². The van der Waals surface area contributed by atoms with Crippen molar-refractivity contribution in [2.45, 2.75) is 51.7 Å². The molecule has 2 aromatic heterocycles. The van der Waals surface area contributed by atoms with Crippen molar-refractivity contribution in [2.24, 2.45) is 5.92 Å². The van der Waals surface area contributed by atoms with Crippen LogP contribution in [0.1, 0.15) is 33.7 Å². The minimum Gasteiger partial charge on any atom is -0.344 e. The van der Waals surface area contributed by atoms with Gasteiger partial charge >= 0.3 is 0 Å². The van der Waals surface area contributed by atoms with Gasteiger partial charge in [-0.25, -0.2) is 19.2 Å². The minimum atomic E-state index is -0.726. The van der Waals surface area contributed by atoms with E-state index < -0.39 is 5.79 Å². The summed E-state index contributed by atoms with van der Waals surface area (Å²) >= 11 is 5.74. The van der Waals surface area contributed by atoms with Gasteiger partial charge in [-0.1, -0.05) is 18.5 Å². The third-order valence-electron chi connectivity index (χ3n) is 4.34. The number of aromatic nitrogens is 4. The molecule has 0 aliphatic carbocycles. The number of fused-ring (bicyclic) bond motifs is 1. The SMILES string of the molecule is C[C@H](CO[SH]=O)[C@H]1OC(C)(C)O[C@H]1[C@@H](C)n1cnc2c(Cl)ncnc21. The highest BCUT2D eigenvalue weighted by Gasteiger charge is 2.47. The highest BCUT2D eigenvalue weighted by Crippen LogP contribution is 2.38. The largest absolute Gasteiger partial charge is 0.344 e. The van der Waals surface area contributed by atoms with E-state index >= 15 is 0 Å². The first kappa shape index (κ1) is 18.7. The molecule has 10 heteroatoms. The maximum Gasteiger partial charge on any atom is 0.165 e. The van der Waals surface area contributed by atoms with Gasteiger partial charge < -0.3 is 14.0 Å². The Morgan fingerprint density at radius 3 is 2.76 bits per heavy atom. The monoisotopic (exact) mass is 388 g/mol. The van der Waals surface area contributed by atoms with Gasteiger partial charge in [0.05, 0.1) is 25.1 Å². The van der Waals surface area contributed by atoms with Crippen molar-refractivity contribution >= 4 is 34.7 Å². The summed E-state index contributed by atoms with van der Waals surface area (Å²) in [7, 11) is 0. The number of ether oxygens (including phenoxy) is 2. The summed E-state index contributed by atoms with van der Waals surface area (Å²) in [4.78, 5) is 12.6. The molecular weight excluding hydrogens is 368 g/mol. The molecule has 1 saturated heterocycles. The molecule has 1 aliphatic heterocycles. The molecule has 1 aliphatic rings. The van der Waals surface area contributed by atoms with Crippen molar-refractivity contribution in [3.05, 3.63) is 17.8 Å². The lowest BCUT2D eigenvalue weighted by atomic mass is 9.96. The molecule has 8 nitrogen and oxygen atoms in total. The van der Waals surface area contributed by atoms with Crippen molar-refractivity contribution in [3.8, 4) is 0 Å². The molecule has 0 spiro atoms. The van der Waals surface area contributed by atoms with E-state index in [1.165, 1.54) is 6.33 Å². The molecule has 1 fully saturated rings. The number of halogens is 1. The molecule has 3 rings (SSSR count). The van der Waals surface area contributed by atoms with Crippen molar-refractivity contribution in [3.63, 3.8) is 0 Å². The predicted octanol–water partition coefficient (Wildman–Crippen LogP) is 2.07. The number of nitrogens with zero attached hydrogens (tertiary/aromatic N) is 4. The highest BCUT2D eigenvalue weighted by molar-refractivity contribution is 7.60. The standard InChI is InChI=1S/C15H21ClN4O4S/c1-8(5-22-25-21)11-12(24-15(3,4)23-11)9(2)20-7-19-10-13(16)17-6-18-14(10)20/h6-9,11-12,25H,5H2,1-4H3/t8-,9-,11-,12+/m1/s1. The van der Waals surface area contributed by atoms with Crippen LogP contribution in [0.15, 0.2) is 12.7 Å². The first-order valence-electron chi connectivity index (χ1n) is 7.97. The molecule has 0 amide bonds. The Morgan fingerprint density at radius 2 is 2.04 bits per heavy atom. The average molecular weight is 389 g/mol. The zero-order valence-electron chi connectivity index (χ0n) is 14.4. The second-order valence-electron chi connectivity index (χ2n) is 6.64. The summed E-state index contributed by atoms with van der Waals surface area (Å²) in [5.74, 6) is -0.737. The number of hydrogen-bond donors (Lipinski definition) is 1. The van der Waals surface area contributed by atoms with Crippen LogP contribution in [-0.4, -0.2) is 48.3 Å². The predicted molar refractivity (Wildman–Crippen MR) is 93.5 cm³/mol. The summed E-state index contributed by atoms with van der Waals surface area (Å²) in [6.07, 6.45) is 2.59. The number of rotatable bonds is 6. The summed E-state index contributed by atoms with van der Waals surface area (Å²) in [5, 5.41) is 0.313. The summed E-state index contributed by atoms with van der Waals surface area (Å²) in [6, 6.07) is -0.116. The fraction of sp³-hybridized carbons (Fsp3) is 0.667. The van der Waals surface area contributed by atoms with Crippen LogP contribution in [0.25, 0.3) is 11.2 Å². The molecule has 25 heavy (non-hydrogen) atoms. The molecule has 4 atom stereocenters. The Bertz CT molecular complexity index is 771. The van der Waals surface area contributed by atoms with Gasteiger partial charge in [0.1, 0.15) is 29.9 Å². The molecule has 138 valence electrons. The number of hydrogen-bond acceptors (Lipinski definition) is 7. The molecule has 0 N–H and O–H groups in total. The van der Waals surface area contributed by atoms with Crippen molar-refractivity contribution in [2.75, 3.05) is 6.61 Å². The van der Waals surface area contributed by atoms with Gasteiger partial charge in [-0.05, 0) is 20.8 Å². The Morgan fingerprint density at radius 1 is 1.32 bits per heavy atom. The molecule has 2 aromatic rings. The summed E-state index contributed by atoms with van der Waals surface area (Å²) in [6.45, 7) is 8.04. The molecule has 0 unspecified atom stereocenters. The maximum atomic E-state index is 10.6. The van der Waals surface area contributed by atoms with Crippen LogP contribution in [0, 0.1) is 5.92 Å². The van der Waals surface area contributed by atoms with Gasteiger partial charge in [0.2, 0.25) is 0 Å². The lowest BCUT2D eigenvalue weighted by Gasteiger charge is -2.27. The zero-order valence-corrected chi connectivity index (χ0v) is 16.1. The summed E-state index contributed by atoms with van der Waals surface area (Å²) in [5.41, 5.74) is 1.19. The van der Waals surface area contributed by atoms with Gasteiger partial charge in [0.15, 0.2) is 16.6 Å². The molecule has 3 heterocycles. The van der Waals surface area contributed by atoms with E-state index in [4.69, 9.17) is 25.3 Å². The molecule has 0 aromatic carbocycles. The Kier molecular flexibility index (Phi) is 5.40. The van der Waals surface area contributed by atoms with E-state index in [-0.39, 0.29) is 36.1 Å². The van der Waals surface area contributed by atoms with Crippen molar-refractivity contribution < 1.29 is 17.9 Å². The van der Waals surface area contributed by atoms with E-state index in [1.807, 2.05) is 32.3 Å². The van der Waals surface area contributed by atoms with Crippen LogP contribution in [0.3, 0.4) is 0 Å². The Hall–Kier alpha value is -1.13. The average Bonchev–Trinajstić information content (AvgIpc) is 3.13. The quantitative estimate of drug-likeness (QED) is 0.598. The van der Waals surface area contributed by atoms with E-state index in [9.17, 15) is 4.21 Å². The van der Waals surface area contributed by atoms with E-state index in [0.29, 0.717) is 22.9 Å². The normalized spacial score (nSPS) is 25.3. The third kappa shape index (κ3) is 3.70. The third-order valence-corrected chi connectivity index (χ3v) is 4.87. The van der Waals surface area contributed by atoms with Crippen molar-refractivity contribution in [1.29, 1.82) is 0 Å². The number of thiol groups is 1. The maximum absolute atomic E-state index is 10.6. The van der Waals surface area contributed by atoms with Crippen LogP contribution < -0.4 is 0 Å². The lowest BCUT2D eigenvalue weighted by molar-refractivity contribution is -0.153. The fourth-order valence-corrected chi connectivity index (χ4v) is 3.63. The van der Waals surface area contributed by atoms with E-state index in [0.717, 1.165) is 0 Å². The topological polar surface area (TPSA) is 88.4 Å². The zero-order chi connectivity index (χ0) is 18.2. The first-order valence-corrected chi connectivity index (χ1v) is 9.08. The molecule has 0 radical (unpaired) electrons. The van der Waals surface area contributed by atoms with Gasteiger partial charge in [-0.2, -0.15) is 0 Å². The van der Waals surface area contributed by atoms with Gasteiger partial charge in [0, 0.05) is 5.92 Å². The van der Waals surface area contributed by atoms with Crippen molar-refractivity contribution in [1.82, 2.24) is 19.5 Å². The second kappa shape index (κ2) is 7.24. The van der Waals surface area contributed by atoms with Crippen LogP contribution >= 0.6 is 11.6 Å². The van der Waals surface area contributed by atoms with Gasteiger partial charge in [-0.3, -0.25) is 4.18 Å². The lowest BCUT2D eigenvalue weighted by Crippen LogP contribution is -2.37. The molecular formula is C15H21ClN4O4S. The Labute approximate surface area is 154 Å². The number of imidazole rings is 1. The van der Waals surface area contributed by atoms with Crippen LogP contribution in [0.4, 0.5) is 0 Å². The first-order chi connectivity index (χ1) is 11.8. The smallest absolute Gasteiger partial charge is 0.165 e. The van der Waals surface area contributed by atoms with E-state index in [2.05, 4.69) is 15.0 Å². The molecule has 0 bridgehead atoms. The Balaban J connectivity index is 1.91. The molecule has 0 saturated carbocycles. The van der Waals surface area contributed by atoms with Crippen LogP contribution in [0.5, 0.6) is 0 Å². The summed E-state index contributed by atoms with van der Waals surface area (Å²) < 4.78 is 29.7. The minimum absolute atomic E-state index is 0.0105. The van der Waals surface area contributed by atoms with Gasteiger partial charge in [-0.15, -0.1) is 0 Å². The van der Waals surface area contributed by atoms with Gasteiger partial charge in [0.25, 0.3) is 0 Å². The van der Waals surface area contributed by atoms with E-state index in [1.54, 1.807) is 6.33 Å².